The highest BCUT2D eigenvalue weighted by atomic mass is 16.3. The van der Waals surface area contributed by atoms with Crippen molar-refractivity contribution in [3.8, 4) is 0 Å². The van der Waals surface area contributed by atoms with Crippen molar-refractivity contribution in [2.45, 2.75) is 52.6 Å². The van der Waals surface area contributed by atoms with E-state index in [0.29, 0.717) is 5.92 Å². The summed E-state index contributed by atoms with van der Waals surface area (Å²) in [7, 11) is 0. The molecule has 0 fully saturated rings. The molecule has 0 heterocycles. The van der Waals surface area contributed by atoms with E-state index < -0.39 is 0 Å². The Bertz CT molecular complexity index is 69.1. The van der Waals surface area contributed by atoms with Gasteiger partial charge in [0.1, 0.15) is 0 Å². The Morgan fingerprint density at radius 1 is 1.30 bits per heavy atom. The highest BCUT2D eigenvalue weighted by Gasteiger charge is 2.10. The third kappa shape index (κ3) is 3.89. The van der Waals surface area contributed by atoms with Crippen LogP contribution in [0, 0.1) is 5.92 Å². The first-order valence-corrected chi connectivity index (χ1v) is 4.40. The van der Waals surface area contributed by atoms with Gasteiger partial charge in [0.15, 0.2) is 0 Å². The van der Waals surface area contributed by atoms with Crippen molar-refractivity contribution in [3.63, 3.8) is 0 Å². The molecule has 0 saturated heterocycles. The van der Waals surface area contributed by atoms with Crippen LogP contribution in [0.2, 0.25) is 0 Å². The maximum atomic E-state index is 9.24. The third-order valence-corrected chi connectivity index (χ3v) is 2.14. The van der Waals surface area contributed by atoms with Crippen LogP contribution in [0.5, 0.6) is 0 Å². The summed E-state index contributed by atoms with van der Waals surface area (Å²) in [6.45, 7) is 6.23. The van der Waals surface area contributed by atoms with Gasteiger partial charge in [0.25, 0.3) is 0 Å². The Morgan fingerprint density at radius 2 is 1.90 bits per heavy atom. The number of aliphatic hydroxyl groups excluding tert-OH is 1. The minimum Gasteiger partial charge on any atom is -0.393 e. The Hall–Kier alpha value is -0.0400. The number of rotatable bonds is 5. The van der Waals surface area contributed by atoms with Gasteiger partial charge in [0.05, 0.1) is 6.10 Å². The largest absolute Gasteiger partial charge is 0.393 e. The zero-order chi connectivity index (χ0) is 7.98. The molecule has 0 bridgehead atoms. The van der Waals surface area contributed by atoms with Gasteiger partial charge in [0.2, 0.25) is 0 Å². The molecule has 62 valence electrons. The minimum absolute atomic E-state index is 0.114. The molecule has 0 spiro atoms. The first-order chi connectivity index (χ1) is 4.72. The van der Waals surface area contributed by atoms with E-state index in [1.807, 2.05) is 6.92 Å². The standard InChI is InChI=1S/C9H20O/c1-4-6-7-9(5-2)8(3)10/h8-10H,4-7H2,1-3H3/t8-,9+/m1/s1. The lowest BCUT2D eigenvalue weighted by atomic mass is 9.95. The van der Waals surface area contributed by atoms with E-state index in [9.17, 15) is 5.11 Å². The van der Waals surface area contributed by atoms with E-state index in [4.69, 9.17) is 0 Å². The maximum absolute atomic E-state index is 9.24. The smallest absolute Gasteiger partial charge is 0.0540 e. The van der Waals surface area contributed by atoms with Crippen LogP contribution >= 0.6 is 0 Å². The predicted octanol–water partition coefficient (Wildman–Crippen LogP) is 2.58. The molecule has 0 aromatic carbocycles. The fourth-order valence-electron chi connectivity index (χ4n) is 1.25. The lowest BCUT2D eigenvalue weighted by Gasteiger charge is -2.16. The molecular formula is C9H20O. The molecule has 0 aliphatic rings. The lowest BCUT2D eigenvalue weighted by Crippen LogP contribution is -2.15. The zero-order valence-corrected chi connectivity index (χ0v) is 7.43. The molecule has 0 rings (SSSR count). The van der Waals surface area contributed by atoms with E-state index in [1.54, 1.807) is 0 Å². The monoisotopic (exact) mass is 144 g/mol. The van der Waals surface area contributed by atoms with Crippen LogP contribution in [0.3, 0.4) is 0 Å². The van der Waals surface area contributed by atoms with E-state index in [1.165, 1.54) is 19.3 Å². The minimum atomic E-state index is -0.114. The summed E-state index contributed by atoms with van der Waals surface area (Å²) in [6, 6.07) is 0. The lowest BCUT2D eigenvalue weighted by molar-refractivity contribution is 0.116. The molecule has 0 aromatic rings. The first kappa shape index (κ1) is 9.96. The van der Waals surface area contributed by atoms with Crippen LogP contribution in [0.15, 0.2) is 0 Å². The average molecular weight is 144 g/mol. The first-order valence-electron chi connectivity index (χ1n) is 4.40. The van der Waals surface area contributed by atoms with Gasteiger partial charge in [-0.15, -0.1) is 0 Å². The molecule has 10 heavy (non-hydrogen) atoms. The van der Waals surface area contributed by atoms with Crippen LogP contribution < -0.4 is 0 Å². The Morgan fingerprint density at radius 3 is 2.20 bits per heavy atom. The summed E-state index contributed by atoms with van der Waals surface area (Å²) in [5, 5.41) is 9.24. The fourth-order valence-corrected chi connectivity index (χ4v) is 1.25. The van der Waals surface area contributed by atoms with Gasteiger partial charge in [-0.25, -0.2) is 0 Å². The summed E-state index contributed by atoms with van der Waals surface area (Å²) in [5.74, 6) is 0.528. The van der Waals surface area contributed by atoms with Crippen molar-refractivity contribution in [3.05, 3.63) is 0 Å². The highest BCUT2D eigenvalue weighted by Crippen LogP contribution is 2.15. The van der Waals surface area contributed by atoms with Crippen molar-refractivity contribution in [2.24, 2.45) is 5.92 Å². The number of unbranched alkanes of at least 4 members (excludes halogenated alkanes) is 1. The number of aliphatic hydroxyl groups is 1. The summed E-state index contributed by atoms with van der Waals surface area (Å²) in [4.78, 5) is 0. The van der Waals surface area contributed by atoms with E-state index in [0.717, 1.165) is 6.42 Å². The second-order valence-corrected chi connectivity index (χ2v) is 3.05. The van der Waals surface area contributed by atoms with Gasteiger partial charge in [0, 0.05) is 0 Å². The summed E-state index contributed by atoms with van der Waals surface area (Å²) >= 11 is 0. The fraction of sp³-hybridized carbons (Fsp3) is 1.00. The molecule has 1 nitrogen and oxygen atoms in total. The zero-order valence-electron chi connectivity index (χ0n) is 7.43. The van der Waals surface area contributed by atoms with Crippen molar-refractivity contribution < 1.29 is 5.11 Å². The normalized spacial score (nSPS) is 16.8. The number of hydrogen-bond donors (Lipinski definition) is 1. The van der Waals surface area contributed by atoms with Crippen LogP contribution in [0.4, 0.5) is 0 Å². The molecule has 0 unspecified atom stereocenters. The molecule has 0 saturated carbocycles. The van der Waals surface area contributed by atoms with Gasteiger partial charge < -0.3 is 5.11 Å². The molecule has 1 heteroatoms. The third-order valence-electron chi connectivity index (χ3n) is 2.14. The molecule has 0 radical (unpaired) electrons. The molecule has 2 atom stereocenters. The molecule has 0 aliphatic carbocycles. The Labute approximate surface area is 64.5 Å². The summed E-state index contributed by atoms with van der Waals surface area (Å²) in [5.41, 5.74) is 0. The molecule has 0 aromatic heterocycles. The molecular weight excluding hydrogens is 124 g/mol. The van der Waals surface area contributed by atoms with Crippen molar-refractivity contribution in [1.82, 2.24) is 0 Å². The Kier molecular flexibility index (Phi) is 5.70. The second-order valence-electron chi connectivity index (χ2n) is 3.05. The average Bonchev–Trinajstić information content (AvgIpc) is 1.89. The summed E-state index contributed by atoms with van der Waals surface area (Å²) in [6.07, 6.45) is 4.67. The molecule has 0 aliphatic heterocycles. The maximum Gasteiger partial charge on any atom is 0.0540 e. The van der Waals surface area contributed by atoms with E-state index in [2.05, 4.69) is 13.8 Å². The van der Waals surface area contributed by atoms with Crippen LogP contribution in [-0.4, -0.2) is 11.2 Å². The van der Waals surface area contributed by atoms with Crippen LogP contribution in [0.25, 0.3) is 0 Å². The van der Waals surface area contributed by atoms with Gasteiger partial charge in [-0.05, 0) is 19.3 Å². The van der Waals surface area contributed by atoms with Crippen molar-refractivity contribution >= 4 is 0 Å². The quantitative estimate of drug-likeness (QED) is 0.628. The van der Waals surface area contributed by atoms with Gasteiger partial charge in [-0.2, -0.15) is 0 Å². The topological polar surface area (TPSA) is 20.2 Å². The SMILES string of the molecule is CCCC[C@H](CC)[C@@H](C)O. The van der Waals surface area contributed by atoms with Crippen LogP contribution in [0.1, 0.15) is 46.5 Å². The number of hydrogen-bond acceptors (Lipinski definition) is 1. The van der Waals surface area contributed by atoms with E-state index in [-0.39, 0.29) is 6.10 Å². The second kappa shape index (κ2) is 5.72. The van der Waals surface area contributed by atoms with E-state index >= 15 is 0 Å². The Balaban J connectivity index is 3.40. The van der Waals surface area contributed by atoms with Gasteiger partial charge >= 0.3 is 0 Å². The van der Waals surface area contributed by atoms with Crippen molar-refractivity contribution in [2.75, 3.05) is 0 Å². The molecule has 0 amide bonds. The summed E-state index contributed by atoms with van der Waals surface area (Å²) < 4.78 is 0. The predicted molar refractivity (Wildman–Crippen MR) is 45.0 cm³/mol. The van der Waals surface area contributed by atoms with Crippen molar-refractivity contribution in [1.29, 1.82) is 0 Å². The highest BCUT2D eigenvalue weighted by molar-refractivity contribution is 4.62. The molecule has 1 N–H and O–H groups in total. The van der Waals surface area contributed by atoms with Gasteiger partial charge in [-0.3, -0.25) is 0 Å². The van der Waals surface area contributed by atoms with Gasteiger partial charge in [-0.1, -0.05) is 33.1 Å². The van der Waals surface area contributed by atoms with Crippen LogP contribution in [-0.2, 0) is 0 Å².